The van der Waals surface area contributed by atoms with Gasteiger partial charge in [-0.05, 0) is 34.1 Å². The number of ether oxygens (including phenoxy) is 1. The summed E-state index contributed by atoms with van der Waals surface area (Å²) < 4.78 is 5.12. The molecule has 0 fully saturated rings. The van der Waals surface area contributed by atoms with Crippen molar-refractivity contribution < 1.29 is 14.3 Å². The molecule has 0 saturated carbocycles. The highest BCUT2D eigenvalue weighted by Crippen LogP contribution is 2.34. The minimum Gasteiger partial charge on any atom is -0.491 e. The predicted octanol–water partition coefficient (Wildman–Crippen LogP) is 2.78. The van der Waals surface area contributed by atoms with Gasteiger partial charge < -0.3 is 4.74 Å². The number of rotatable bonds is 2. The minimum atomic E-state index is -0.349. The van der Waals surface area contributed by atoms with Crippen LogP contribution in [0.2, 0.25) is 0 Å². The van der Waals surface area contributed by atoms with E-state index in [1.807, 2.05) is 0 Å². The molecular formula is C15H9BrN2O3. The van der Waals surface area contributed by atoms with Crippen LogP contribution in [0.3, 0.4) is 0 Å². The third-order valence-corrected chi connectivity index (χ3v) is 3.86. The van der Waals surface area contributed by atoms with Crippen LogP contribution in [0.4, 0.5) is 0 Å². The van der Waals surface area contributed by atoms with Crippen LogP contribution in [0, 0.1) is 0 Å². The Hall–Kier alpha value is -2.34. The van der Waals surface area contributed by atoms with E-state index in [9.17, 15) is 9.59 Å². The molecule has 1 aliphatic rings. The lowest BCUT2D eigenvalue weighted by molar-refractivity contribution is 0.0914. The van der Waals surface area contributed by atoms with Crippen molar-refractivity contribution in [3.63, 3.8) is 0 Å². The summed E-state index contributed by atoms with van der Waals surface area (Å²) in [6.45, 7) is 0. The average Bonchev–Trinajstić information content (AvgIpc) is 2.53. The molecule has 0 amide bonds. The number of pyridine rings is 2. The number of fused-ring (bicyclic) bond motifs is 1. The van der Waals surface area contributed by atoms with Crippen LogP contribution in [0.5, 0.6) is 0 Å². The van der Waals surface area contributed by atoms with Crippen LogP contribution in [0.1, 0.15) is 20.7 Å². The van der Waals surface area contributed by atoms with Crippen LogP contribution >= 0.6 is 15.9 Å². The van der Waals surface area contributed by atoms with E-state index in [0.29, 0.717) is 11.4 Å². The molecule has 21 heavy (non-hydrogen) atoms. The van der Waals surface area contributed by atoms with Gasteiger partial charge in [-0.2, -0.15) is 0 Å². The van der Waals surface area contributed by atoms with E-state index >= 15 is 0 Å². The summed E-state index contributed by atoms with van der Waals surface area (Å²) in [6, 6.07) is 6.82. The van der Waals surface area contributed by atoms with E-state index in [2.05, 4.69) is 25.9 Å². The molecule has 3 rings (SSSR count). The smallest absolute Gasteiger partial charge is 0.229 e. The summed E-state index contributed by atoms with van der Waals surface area (Å²) in [4.78, 5) is 33.3. The average molecular weight is 345 g/mol. The van der Waals surface area contributed by atoms with Gasteiger partial charge in [0.1, 0.15) is 10.2 Å². The molecule has 2 aromatic heterocycles. The first-order chi connectivity index (χ1) is 10.1. The number of carbonyl (C=O) groups is 2. The number of halogens is 1. The van der Waals surface area contributed by atoms with Gasteiger partial charge in [0.25, 0.3) is 0 Å². The molecule has 0 aromatic carbocycles. The van der Waals surface area contributed by atoms with Gasteiger partial charge in [0.05, 0.1) is 18.4 Å². The van der Waals surface area contributed by atoms with E-state index < -0.39 is 0 Å². The molecule has 2 aromatic rings. The van der Waals surface area contributed by atoms with E-state index in [1.54, 1.807) is 24.4 Å². The maximum Gasteiger partial charge on any atom is 0.229 e. The number of carbonyl (C=O) groups excluding carboxylic acids is 2. The van der Waals surface area contributed by atoms with E-state index in [0.717, 1.165) is 0 Å². The number of methoxy groups -OCH3 is 1. The number of hydrogen-bond donors (Lipinski definition) is 0. The van der Waals surface area contributed by atoms with Crippen LogP contribution in [-0.2, 0) is 4.74 Å². The van der Waals surface area contributed by atoms with Crippen LogP contribution in [0.25, 0.3) is 11.4 Å². The first-order valence-corrected chi connectivity index (χ1v) is 6.88. The Kier molecular flexibility index (Phi) is 3.39. The van der Waals surface area contributed by atoms with Crippen molar-refractivity contribution in [3.8, 4) is 11.4 Å². The lowest BCUT2D eigenvalue weighted by Crippen LogP contribution is -2.22. The first-order valence-electron chi connectivity index (χ1n) is 6.08. The van der Waals surface area contributed by atoms with Crippen molar-refractivity contribution in [2.75, 3.05) is 7.11 Å². The topological polar surface area (TPSA) is 69.2 Å². The van der Waals surface area contributed by atoms with Gasteiger partial charge in [0.15, 0.2) is 5.76 Å². The Morgan fingerprint density at radius 3 is 2.52 bits per heavy atom. The van der Waals surface area contributed by atoms with Gasteiger partial charge in [0.2, 0.25) is 11.6 Å². The zero-order valence-corrected chi connectivity index (χ0v) is 12.5. The molecule has 5 nitrogen and oxygen atoms in total. The molecule has 1 aliphatic carbocycles. The first kappa shape index (κ1) is 13.6. The van der Waals surface area contributed by atoms with Crippen molar-refractivity contribution in [1.82, 2.24) is 9.97 Å². The predicted molar refractivity (Wildman–Crippen MR) is 79.1 cm³/mol. The van der Waals surface area contributed by atoms with Crippen molar-refractivity contribution in [3.05, 3.63) is 58.0 Å². The summed E-state index contributed by atoms with van der Waals surface area (Å²) >= 11 is 3.13. The summed E-state index contributed by atoms with van der Waals surface area (Å²) in [5, 5.41) is 0. The van der Waals surface area contributed by atoms with Crippen molar-refractivity contribution >= 4 is 27.5 Å². The van der Waals surface area contributed by atoms with Crippen molar-refractivity contribution in [2.24, 2.45) is 0 Å². The van der Waals surface area contributed by atoms with Crippen LogP contribution < -0.4 is 0 Å². The summed E-state index contributed by atoms with van der Waals surface area (Å²) in [7, 11) is 1.35. The molecule has 6 heteroatoms. The Morgan fingerprint density at radius 1 is 1.05 bits per heavy atom. The van der Waals surface area contributed by atoms with E-state index in [4.69, 9.17) is 4.74 Å². The third kappa shape index (κ3) is 2.08. The molecule has 0 aliphatic heterocycles. The van der Waals surface area contributed by atoms with E-state index in [-0.39, 0.29) is 32.9 Å². The SMILES string of the molecule is COC1=C(Br)C(=O)c2c(ccnc2-c2ccccn2)C1=O. The number of aromatic nitrogens is 2. The molecule has 104 valence electrons. The Bertz CT molecular complexity index is 785. The summed E-state index contributed by atoms with van der Waals surface area (Å²) in [5.41, 5.74) is 1.44. The zero-order valence-electron chi connectivity index (χ0n) is 11.0. The Balaban J connectivity index is 2.28. The Morgan fingerprint density at radius 2 is 1.86 bits per heavy atom. The van der Waals surface area contributed by atoms with Crippen molar-refractivity contribution in [2.45, 2.75) is 0 Å². The van der Waals surface area contributed by atoms with Gasteiger partial charge >= 0.3 is 0 Å². The second-order valence-corrected chi connectivity index (χ2v) is 5.10. The minimum absolute atomic E-state index is 0.00525. The Labute approximate surface area is 128 Å². The highest BCUT2D eigenvalue weighted by molar-refractivity contribution is 9.12. The number of ketones is 2. The molecule has 0 saturated heterocycles. The second-order valence-electron chi connectivity index (χ2n) is 4.30. The monoisotopic (exact) mass is 344 g/mol. The van der Waals surface area contributed by atoms with Crippen LogP contribution in [0.15, 0.2) is 46.9 Å². The van der Waals surface area contributed by atoms with Gasteiger partial charge in [-0.1, -0.05) is 6.07 Å². The molecule has 0 spiro atoms. The fourth-order valence-electron chi connectivity index (χ4n) is 2.20. The highest BCUT2D eigenvalue weighted by Gasteiger charge is 2.34. The van der Waals surface area contributed by atoms with Gasteiger partial charge in [0, 0.05) is 18.0 Å². The molecule has 0 radical (unpaired) electrons. The fourth-order valence-corrected chi connectivity index (χ4v) is 2.74. The standard InChI is InChI=1S/C15H9BrN2O3/c1-21-15-11(16)14(20)10-8(13(15)19)5-7-18-12(10)9-4-2-3-6-17-9/h2-7H,1H3. The summed E-state index contributed by atoms with van der Waals surface area (Å²) in [6.07, 6.45) is 3.09. The molecule has 0 unspecified atom stereocenters. The van der Waals surface area contributed by atoms with Crippen LogP contribution in [-0.4, -0.2) is 28.6 Å². The maximum atomic E-state index is 12.5. The lowest BCUT2D eigenvalue weighted by atomic mass is 9.91. The summed E-state index contributed by atoms with van der Waals surface area (Å²) in [5.74, 6) is -0.681. The van der Waals surface area contributed by atoms with Gasteiger partial charge in [-0.25, -0.2) is 0 Å². The highest BCUT2D eigenvalue weighted by atomic mass is 79.9. The molecule has 2 heterocycles. The van der Waals surface area contributed by atoms with Gasteiger partial charge in [-0.15, -0.1) is 0 Å². The zero-order chi connectivity index (χ0) is 15.0. The largest absolute Gasteiger partial charge is 0.491 e. The molecule has 0 N–H and O–H groups in total. The number of Topliss-reactive ketones (excluding diaryl/α,β-unsaturated/α-hetero) is 2. The lowest BCUT2D eigenvalue weighted by Gasteiger charge is -2.18. The third-order valence-electron chi connectivity index (χ3n) is 3.14. The maximum absolute atomic E-state index is 12.5. The fraction of sp³-hybridized carbons (Fsp3) is 0.0667. The normalized spacial score (nSPS) is 14.2. The quantitative estimate of drug-likeness (QED) is 0.837. The molecule has 0 atom stereocenters. The number of allylic oxidation sites excluding steroid dienone is 2. The number of nitrogens with zero attached hydrogens (tertiary/aromatic N) is 2. The second kappa shape index (κ2) is 5.21. The van der Waals surface area contributed by atoms with Gasteiger partial charge in [-0.3, -0.25) is 19.6 Å². The number of hydrogen-bond acceptors (Lipinski definition) is 5. The molecular weight excluding hydrogens is 336 g/mol. The van der Waals surface area contributed by atoms with Crippen molar-refractivity contribution in [1.29, 1.82) is 0 Å². The molecule has 0 bridgehead atoms. The van der Waals surface area contributed by atoms with E-state index in [1.165, 1.54) is 19.4 Å².